The van der Waals surface area contributed by atoms with E-state index in [0.29, 0.717) is 25.1 Å². The highest BCUT2D eigenvalue weighted by atomic mass is 16.5. The highest BCUT2D eigenvalue weighted by Crippen LogP contribution is 2.16. The van der Waals surface area contributed by atoms with Crippen LogP contribution in [-0.2, 0) is 11.3 Å². The largest absolute Gasteiger partial charge is 0.407 e. The third-order valence-electron chi connectivity index (χ3n) is 2.56. The third-order valence-corrected chi connectivity index (χ3v) is 2.56. The second kappa shape index (κ2) is 6.56. The van der Waals surface area contributed by atoms with Crippen molar-refractivity contribution < 1.29 is 9.15 Å². The highest BCUT2D eigenvalue weighted by molar-refractivity contribution is 5.22. The van der Waals surface area contributed by atoms with Crippen LogP contribution >= 0.6 is 0 Å². The van der Waals surface area contributed by atoms with Crippen molar-refractivity contribution in [2.24, 2.45) is 0 Å². The Morgan fingerprint density at radius 1 is 1.35 bits per heavy atom. The summed E-state index contributed by atoms with van der Waals surface area (Å²) in [6, 6.07) is 0.473. The highest BCUT2D eigenvalue weighted by Gasteiger charge is 2.17. The molecule has 17 heavy (non-hydrogen) atoms. The summed E-state index contributed by atoms with van der Waals surface area (Å²) in [7, 11) is 1.67. The smallest absolute Gasteiger partial charge is 0.315 e. The normalized spacial score (nSPS) is 11.8. The Morgan fingerprint density at radius 3 is 2.76 bits per heavy atom. The monoisotopic (exact) mass is 242 g/mol. The molecule has 6 heteroatoms. The minimum absolute atomic E-state index is 0.0344. The molecule has 0 spiro atoms. The molecule has 0 saturated carbocycles. The van der Waals surface area contributed by atoms with E-state index in [-0.39, 0.29) is 5.54 Å². The third kappa shape index (κ3) is 5.14. The summed E-state index contributed by atoms with van der Waals surface area (Å²) < 4.78 is 10.4. The standard InChI is InChI=1S/C11H22N4O2/c1-5-11(2,3)13-10-15-14-9(17-10)8-12-6-7-16-4/h12H,5-8H2,1-4H3,(H,13,15). The van der Waals surface area contributed by atoms with Crippen LogP contribution in [0.2, 0.25) is 0 Å². The Balaban J connectivity index is 2.37. The van der Waals surface area contributed by atoms with Gasteiger partial charge in [-0.1, -0.05) is 12.0 Å². The second-order valence-corrected chi connectivity index (χ2v) is 4.53. The first-order chi connectivity index (χ1) is 8.07. The van der Waals surface area contributed by atoms with E-state index < -0.39 is 0 Å². The number of rotatable bonds is 8. The maximum absolute atomic E-state index is 5.46. The molecule has 0 aliphatic carbocycles. The van der Waals surface area contributed by atoms with E-state index in [2.05, 4.69) is 41.6 Å². The molecule has 0 unspecified atom stereocenters. The number of nitrogens with zero attached hydrogens (tertiary/aromatic N) is 2. The van der Waals surface area contributed by atoms with Gasteiger partial charge < -0.3 is 19.8 Å². The number of hydrogen-bond acceptors (Lipinski definition) is 6. The SMILES string of the molecule is CCC(C)(C)Nc1nnc(CNCCOC)o1. The molecular weight excluding hydrogens is 220 g/mol. The van der Waals surface area contributed by atoms with Gasteiger partial charge in [0.25, 0.3) is 0 Å². The number of aromatic nitrogens is 2. The van der Waals surface area contributed by atoms with Gasteiger partial charge in [0, 0.05) is 19.2 Å². The molecular formula is C11H22N4O2. The first-order valence-corrected chi connectivity index (χ1v) is 5.87. The Hall–Kier alpha value is -1.14. The van der Waals surface area contributed by atoms with Gasteiger partial charge in [-0.05, 0) is 20.3 Å². The Bertz CT molecular complexity index is 325. The molecule has 0 fully saturated rings. The lowest BCUT2D eigenvalue weighted by Gasteiger charge is -2.22. The molecule has 0 amide bonds. The quantitative estimate of drug-likeness (QED) is 0.671. The average Bonchev–Trinajstić information content (AvgIpc) is 2.71. The topological polar surface area (TPSA) is 72.2 Å². The number of anilines is 1. The minimum Gasteiger partial charge on any atom is -0.407 e. The molecule has 0 atom stereocenters. The number of hydrogen-bond donors (Lipinski definition) is 2. The maximum atomic E-state index is 5.46. The average molecular weight is 242 g/mol. The van der Waals surface area contributed by atoms with Crippen molar-refractivity contribution in [1.29, 1.82) is 0 Å². The molecule has 6 nitrogen and oxygen atoms in total. The lowest BCUT2D eigenvalue weighted by atomic mass is 10.0. The molecule has 0 bridgehead atoms. The van der Waals surface area contributed by atoms with Crippen LogP contribution in [-0.4, -0.2) is 36.0 Å². The van der Waals surface area contributed by atoms with Crippen LogP contribution in [0.5, 0.6) is 0 Å². The summed E-state index contributed by atoms with van der Waals surface area (Å²) in [5.41, 5.74) is -0.0344. The van der Waals surface area contributed by atoms with Crippen LogP contribution in [0, 0.1) is 0 Å². The van der Waals surface area contributed by atoms with Gasteiger partial charge in [0.05, 0.1) is 13.2 Å². The molecule has 0 aliphatic rings. The van der Waals surface area contributed by atoms with Crippen LogP contribution < -0.4 is 10.6 Å². The second-order valence-electron chi connectivity index (χ2n) is 4.53. The fraction of sp³-hybridized carbons (Fsp3) is 0.818. The lowest BCUT2D eigenvalue weighted by Crippen LogP contribution is -2.29. The molecule has 98 valence electrons. The van der Waals surface area contributed by atoms with Crippen molar-refractivity contribution in [2.75, 3.05) is 25.6 Å². The summed E-state index contributed by atoms with van der Waals surface area (Å²) in [6.45, 7) is 8.28. The summed E-state index contributed by atoms with van der Waals surface area (Å²) in [6.07, 6.45) is 0.983. The number of ether oxygens (including phenoxy) is 1. The summed E-state index contributed by atoms with van der Waals surface area (Å²) in [5.74, 6) is 0.579. The van der Waals surface area contributed by atoms with E-state index >= 15 is 0 Å². The predicted octanol–water partition coefficient (Wildman–Crippen LogP) is 1.41. The summed E-state index contributed by atoms with van der Waals surface area (Å²) >= 11 is 0. The van der Waals surface area contributed by atoms with Gasteiger partial charge in [-0.25, -0.2) is 0 Å². The predicted molar refractivity (Wildman–Crippen MR) is 65.9 cm³/mol. The Morgan fingerprint density at radius 2 is 2.12 bits per heavy atom. The molecule has 1 aromatic rings. The van der Waals surface area contributed by atoms with E-state index in [4.69, 9.17) is 9.15 Å². The van der Waals surface area contributed by atoms with Crippen molar-refractivity contribution in [1.82, 2.24) is 15.5 Å². The van der Waals surface area contributed by atoms with Crippen molar-refractivity contribution in [3.8, 4) is 0 Å². The zero-order chi connectivity index (χ0) is 12.7. The first kappa shape index (κ1) is 13.9. The summed E-state index contributed by atoms with van der Waals surface area (Å²) in [4.78, 5) is 0. The fourth-order valence-corrected chi connectivity index (χ4v) is 1.12. The molecule has 1 heterocycles. The number of methoxy groups -OCH3 is 1. The molecule has 0 saturated heterocycles. The molecule has 1 aromatic heterocycles. The van der Waals surface area contributed by atoms with Crippen LogP contribution in [0.15, 0.2) is 4.42 Å². The molecule has 0 aromatic carbocycles. The van der Waals surface area contributed by atoms with Crippen molar-refractivity contribution in [3.05, 3.63) is 5.89 Å². The lowest BCUT2D eigenvalue weighted by molar-refractivity contribution is 0.198. The molecule has 0 radical (unpaired) electrons. The molecule has 2 N–H and O–H groups in total. The Labute approximate surface area is 102 Å². The van der Waals surface area contributed by atoms with E-state index in [0.717, 1.165) is 13.0 Å². The fourth-order valence-electron chi connectivity index (χ4n) is 1.12. The van der Waals surface area contributed by atoms with E-state index in [9.17, 15) is 0 Å². The Kier molecular flexibility index (Phi) is 5.37. The number of nitrogens with one attached hydrogen (secondary N) is 2. The van der Waals surface area contributed by atoms with Crippen LogP contribution in [0.1, 0.15) is 33.1 Å². The van der Waals surface area contributed by atoms with Crippen molar-refractivity contribution in [3.63, 3.8) is 0 Å². The summed E-state index contributed by atoms with van der Waals surface area (Å²) in [5, 5.41) is 14.2. The van der Waals surface area contributed by atoms with Gasteiger partial charge in [0.2, 0.25) is 5.89 Å². The maximum Gasteiger partial charge on any atom is 0.315 e. The van der Waals surface area contributed by atoms with Crippen molar-refractivity contribution in [2.45, 2.75) is 39.3 Å². The van der Waals surface area contributed by atoms with Gasteiger partial charge in [-0.15, -0.1) is 5.10 Å². The molecule has 0 aliphatic heterocycles. The zero-order valence-electron chi connectivity index (χ0n) is 11.0. The van der Waals surface area contributed by atoms with Gasteiger partial charge in [0.15, 0.2) is 0 Å². The van der Waals surface area contributed by atoms with Crippen LogP contribution in [0.3, 0.4) is 0 Å². The van der Waals surface area contributed by atoms with Gasteiger partial charge in [0.1, 0.15) is 0 Å². The minimum atomic E-state index is -0.0344. The van der Waals surface area contributed by atoms with Gasteiger partial charge in [-0.2, -0.15) is 0 Å². The van der Waals surface area contributed by atoms with Crippen molar-refractivity contribution >= 4 is 6.01 Å². The van der Waals surface area contributed by atoms with Crippen LogP contribution in [0.4, 0.5) is 6.01 Å². The molecule has 1 rings (SSSR count). The first-order valence-electron chi connectivity index (χ1n) is 5.87. The van der Waals surface area contributed by atoms with Gasteiger partial charge in [-0.3, -0.25) is 0 Å². The zero-order valence-corrected chi connectivity index (χ0v) is 11.0. The van der Waals surface area contributed by atoms with E-state index in [1.54, 1.807) is 7.11 Å². The van der Waals surface area contributed by atoms with E-state index in [1.807, 2.05) is 0 Å². The van der Waals surface area contributed by atoms with E-state index in [1.165, 1.54) is 0 Å². The van der Waals surface area contributed by atoms with Crippen LogP contribution in [0.25, 0.3) is 0 Å². The van der Waals surface area contributed by atoms with Gasteiger partial charge >= 0.3 is 6.01 Å².